The molecule has 0 bridgehead atoms. The van der Waals surface area contributed by atoms with Crippen LogP contribution < -0.4 is 0 Å². The Morgan fingerprint density at radius 3 is 1.42 bits per heavy atom. The van der Waals surface area contributed by atoms with Gasteiger partial charge in [0.05, 0.1) is 0 Å². The van der Waals surface area contributed by atoms with Gasteiger partial charge < -0.3 is 0 Å². The number of carbonyl (C=O) groups excluding carboxylic acids is 4. The van der Waals surface area contributed by atoms with E-state index in [2.05, 4.69) is 13.8 Å². The Kier molecular flexibility index (Phi) is 23.2. The molecular weight excluding hydrogens is 703 g/mol. The molecule has 0 N–H and O–H groups in total. The molecule has 0 heterocycles. The van der Waals surface area contributed by atoms with Crippen LogP contribution >= 0.6 is 0 Å². The molecule has 7 heteroatoms. The van der Waals surface area contributed by atoms with E-state index in [-0.39, 0.29) is 36.0 Å². The summed E-state index contributed by atoms with van der Waals surface area (Å²) in [7, 11) is 0. The van der Waals surface area contributed by atoms with Crippen LogP contribution in [0.25, 0.3) is 0 Å². The Labute approximate surface area is 329 Å². The van der Waals surface area contributed by atoms with E-state index < -0.39 is 0 Å². The second-order valence-corrected chi connectivity index (χ2v) is 14.9. The molecule has 0 saturated carbocycles. The van der Waals surface area contributed by atoms with Crippen LogP contribution in [0.2, 0.25) is 0 Å². The summed E-state index contributed by atoms with van der Waals surface area (Å²) in [6, 6.07) is 12.0. The molecule has 2 aromatic carbocycles. The van der Waals surface area contributed by atoms with Crippen LogP contribution in [0.15, 0.2) is 41.4 Å². The Morgan fingerprint density at radius 2 is 0.925 bits per heavy atom. The standard InChI is InChI=1S/C46H68N2O4.Ni/c1-7-13-15-17-19-21-23-45(47-39-27-25-35(31-41(49)9-3)37(29-39)33-43(51)11-5)46(24-22-20-18-16-14-8-2)48-40-28-26-36(32-42(50)10-4)38(30-40)34-44(52)12-6;/h25-30H,7-24,31-34H2,1-6H3;/q;+1. The molecule has 2 aromatic rings. The predicted molar refractivity (Wildman–Crippen MR) is 217 cm³/mol. The van der Waals surface area contributed by atoms with E-state index in [4.69, 9.17) is 20.7 Å². The van der Waals surface area contributed by atoms with E-state index in [1.165, 1.54) is 51.4 Å². The van der Waals surface area contributed by atoms with Crippen molar-refractivity contribution in [3.05, 3.63) is 58.7 Å². The number of rotatable bonds is 29. The minimum absolute atomic E-state index is 0.134. The van der Waals surface area contributed by atoms with Gasteiger partial charge in [0.1, 0.15) is 0 Å². The van der Waals surface area contributed by atoms with Crippen LogP contribution in [0.5, 0.6) is 0 Å². The first-order chi connectivity index (χ1) is 25.6. The number of carbonyl (C=O) groups is 4. The third-order valence-electron chi connectivity index (χ3n) is 10.1. The monoisotopic (exact) mass is 770 g/mol. The Bertz CT molecular complexity index is 1540. The second kappa shape index (κ2) is 26.7. The van der Waals surface area contributed by atoms with Gasteiger partial charge >= 0.3 is 331 Å². The van der Waals surface area contributed by atoms with Crippen LogP contribution in [-0.4, -0.2) is 38.2 Å². The summed E-state index contributed by atoms with van der Waals surface area (Å²) in [5.41, 5.74) is 7.10. The zero-order chi connectivity index (χ0) is 39.0. The fourth-order valence-electron chi connectivity index (χ4n) is 6.49. The fourth-order valence-corrected chi connectivity index (χ4v) is 6.87. The molecule has 0 radical (unpaired) electrons. The van der Waals surface area contributed by atoms with Gasteiger partial charge in [0.2, 0.25) is 0 Å². The first-order valence-corrected chi connectivity index (χ1v) is 21.2. The van der Waals surface area contributed by atoms with E-state index in [9.17, 15) is 19.2 Å². The quantitative estimate of drug-likeness (QED) is 0.0468. The van der Waals surface area contributed by atoms with Crippen LogP contribution in [0.4, 0.5) is 11.4 Å². The van der Waals surface area contributed by atoms with Crippen molar-refractivity contribution >= 4 is 45.9 Å². The van der Waals surface area contributed by atoms with Gasteiger partial charge in [-0.05, 0) is 0 Å². The molecule has 0 aromatic heterocycles. The number of ketones is 4. The molecule has 0 saturated heterocycles. The van der Waals surface area contributed by atoms with Crippen LogP contribution in [0, 0.1) is 0 Å². The van der Waals surface area contributed by atoms with Gasteiger partial charge in [-0.3, -0.25) is 0 Å². The fraction of sp³-hybridized carbons (Fsp3) is 0.609. The molecule has 2 rings (SSSR count). The van der Waals surface area contributed by atoms with E-state index in [0.29, 0.717) is 38.5 Å². The van der Waals surface area contributed by atoms with Crippen LogP contribution in [-0.2, 0) is 60.5 Å². The van der Waals surface area contributed by atoms with Gasteiger partial charge in [0.25, 0.3) is 0 Å². The molecule has 0 aliphatic heterocycles. The maximum absolute atomic E-state index is 12.7. The molecule has 0 atom stereocenters. The van der Waals surface area contributed by atoms with Crippen LogP contribution in [0.3, 0.4) is 0 Å². The molecular formula is C46H68N2NiO4+. The Balaban J connectivity index is 2.76. The zero-order valence-corrected chi connectivity index (χ0v) is 34.9. The van der Waals surface area contributed by atoms with Crippen LogP contribution in [0.1, 0.15) is 179 Å². The maximum atomic E-state index is 12.7. The average molecular weight is 772 g/mol. The number of hydrogen-bond donors (Lipinski definition) is 0. The third kappa shape index (κ3) is 17.3. The number of benzene rings is 2. The third-order valence-corrected chi connectivity index (χ3v) is 10.6. The van der Waals surface area contributed by atoms with Gasteiger partial charge in [-0.15, -0.1) is 0 Å². The van der Waals surface area contributed by atoms with Crippen molar-refractivity contribution in [1.82, 2.24) is 0 Å². The van der Waals surface area contributed by atoms with E-state index in [1.807, 2.05) is 67.7 Å². The zero-order valence-electron chi connectivity index (χ0n) is 33.9. The molecule has 0 aliphatic carbocycles. The van der Waals surface area contributed by atoms with Gasteiger partial charge in [-0.1, -0.05) is 0 Å². The first kappa shape index (κ1) is 46.1. The molecule has 0 amide bonds. The Morgan fingerprint density at radius 1 is 0.509 bits per heavy atom. The van der Waals surface area contributed by atoms with Crippen molar-refractivity contribution in [2.45, 2.75) is 183 Å². The van der Waals surface area contributed by atoms with Crippen molar-refractivity contribution in [3.8, 4) is 0 Å². The molecule has 0 fully saturated rings. The number of aliphatic imine (C=N–C) groups is 1. The summed E-state index contributed by atoms with van der Waals surface area (Å²) < 4.78 is 1.89. The van der Waals surface area contributed by atoms with E-state index in [0.717, 1.165) is 83.6 Å². The van der Waals surface area contributed by atoms with Gasteiger partial charge in [-0.25, -0.2) is 0 Å². The Hall–Kier alpha value is -3.05. The summed E-state index contributed by atoms with van der Waals surface area (Å²) in [4.78, 5) is 55.7. The molecule has 53 heavy (non-hydrogen) atoms. The number of unbranched alkanes of at least 4 members (excludes halogenated alkanes) is 10. The second-order valence-electron chi connectivity index (χ2n) is 14.5. The molecule has 6 nitrogen and oxygen atoms in total. The summed E-state index contributed by atoms with van der Waals surface area (Å²) in [5.74, 6) is 0.571. The first-order valence-electron chi connectivity index (χ1n) is 20.8. The SMILES string of the molecule is CCCCCCCCC(=Nc1ccc(CC(=O)CC)c(CC(=O)CC)c1)C(CCCCCCCC)=[N+]([Ni])c1ccc(CC(=O)CC)c(CC(=O)CC)c1. The van der Waals surface area contributed by atoms with Crippen molar-refractivity contribution in [3.63, 3.8) is 0 Å². The van der Waals surface area contributed by atoms with Gasteiger partial charge in [0, 0.05) is 0 Å². The summed E-state index contributed by atoms with van der Waals surface area (Å²) in [5, 5.41) is 0. The van der Waals surface area contributed by atoms with E-state index in [1.54, 1.807) is 0 Å². The normalized spacial score (nSPS) is 12.2. The number of Topliss-reactive ketones (excluding diaryl/α,β-unsaturated/α-hetero) is 4. The number of nitrogens with zero attached hydrogens (tertiary/aromatic N) is 2. The average Bonchev–Trinajstić information content (AvgIpc) is 3.16. The van der Waals surface area contributed by atoms with Crippen molar-refractivity contribution in [2.24, 2.45) is 4.99 Å². The number of hydrogen-bond acceptors (Lipinski definition) is 5. The predicted octanol–water partition coefficient (Wildman–Crippen LogP) is 11.6. The van der Waals surface area contributed by atoms with Gasteiger partial charge in [0.15, 0.2) is 0 Å². The van der Waals surface area contributed by atoms with Crippen molar-refractivity contribution < 1.29 is 38.5 Å². The summed E-state index contributed by atoms with van der Waals surface area (Å²) in [6.45, 7) is 12.0. The van der Waals surface area contributed by atoms with Gasteiger partial charge in [-0.2, -0.15) is 0 Å². The molecule has 0 spiro atoms. The van der Waals surface area contributed by atoms with Crippen molar-refractivity contribution in [2.75, 3.05) is 0 Å². The van der Waals surface area contributed by atoms with E-state index >= 15 is 0 Å². The topological polar surface area (TPSA) is 83.7 Å². The molecule has 0 aliphatic rings. The minimum atomic E-state index is 0.134. The molecule has 295 valence electrons. The van der Waals surface area contributed by atoms with Crippen molar-refractivity contribution in [1.29, 1.82) is 0 Å². The summed E-state index contributed by atoms with van der Waals surface area (Å²) in [6.07, 6.45) is 18.5. The molecule has 0 unspecified atom stereocenters. The summed E-state index contributed by atoms with van der Waals surface area (Å²) >= 11 is 5.87.